The lowest BCUT2D eigenvalue weighted by atomic mass is 9.70. The third-order valence-electron chi connectivity index (χ3n) is 5.92. The number of hydrogen-bond acceptors (Lipinski definition) is 4. The highest BCUT2D eigenvalue weighted by Gasteiger charge is 2.35. The number of hydrogen-bond donors (Lipinski definition) is 0. The second-order valence-electron chi connectivity index (χ2n) is 8.28. The van der Waals surface area contributed by atoms with Crippen LogP contribution in [-0.2, 0) is 22.3 Å². The zero-order valence-corrected chi connectivity index (χ0v) is 19.0. The van der Waals surface area contributed by atoms with Gasteiger partial charge in [0.2, 0.25) is 0 Å². The minimum Gasteiger partial charge on any atom is -0.457 e. The fourth-order valence-corrected chi connectivity index (χ4v) is 4.90. The molecule has 0 aliphatic heterocycles. The second kappa shape index (κ2) is 9.91. The maximum Gasteiger partial charge on any atom is 0.416 e. The van der Waals surface area contributed by atoms with E-state index in [9.17, 15) is 18.0 Å². The molecule has 3 nitrogen and oxygen atoms in total. The average molecular weight is 472 g/mol. The fraction of sp³-hybridized carbons (Fsp3) is 0.308. The number of rotatable bonds is 7. The number of aryl methyl sites for hydroxylation is 1. The quantitative estimate of drug-likeness (QED) is 0.271. The maximum absolute atomic E-state index is 13.3. The summed E-state index contributed by atoms with van der Waals surface area (Å²) in [5, 5.41) is 0. The molecule has 0 saturated heterocycles. The molecule has 2 heterocycles. The summed E-state index contributed by atoms with van der Waals surface area (Å²) in [6.07, 6.45) is 3.99. The lowest BCUT2D eigenvalue weighted by molar-refractivity contribution is -0.140. The van der Waals surface area contributed by atoms with Crippen LogP contribution in [0.4, 0.5) is 13.2 Å². The summed E-state index contributed by atoms with van der Waals surface area (Å²) in [5.74, 6) is -0.398. The van der Waals surface area contributed by atoms with Gasteiger partial charge in [-0.2, -0.15) is 13.2 Å². The van der Waals surface area contributed by atoms with E-state index in [0.717, 1.165) is 46.7 Å². The van der Waals surface area contributed by atoms with Crippen LogP contribution in [0.2, 0.25) is 0 Å². The molecule has 1 atom stereocenters. The molecule has 172 valence electrons. The third-order valence-corrected chi connectivity index (χ3v) is 6.87. The molecule has 1 unspecified atom stereocenters. The van der Waals surface area contributed by atoms with Gasteiger partial charge in [0.1, 0.15) is 6.61 Å². The third kappa shape index (κ3) is 5.71. The van der Waals surface area contributed by atoms with Crippen LogP contribution in [-0.4, -0.2) is 11.0 Å². The van der Waals surface area contributed by atoms with Crippen LogP contribution in [0.3, 0.4) is 0 Å². The van der Waals surface area contributed by atoms with Crippen LogP contribution < -0.4 is 0 Å². The van der Waals surface area contributed by atoms with Crippen molar-refractivity contribution in [2.24, 2.45) is 5.92 Å². The van der Waals surface area contributed by atoms with Crippen LogP contribution >= 0.6 is 11.3 Å². The Balaban J connectivity index is 1.63. The molecule has 3 aromatic rings. The van der Waals surface area contributed by atoms with Gasteiger partial charge in [0, 0.05) is 33.6 Å². The van der Waals surface area contributed by atoms with Gasteiger partial charge in [-0.25, -0.2) is 4.79 Å². The Morgan fingerprint density at radius 3 is 2.64 bits per heavy atom. The second-order valence-corrected chi connectivity index (χ2v) is 9.60. The Bertz CT molecular complexity index is 1130. The number of alkyl halides is 3. The molecule has 0 amide bonds. The minimum absolute atomic E-state index is 0.177. The van der Waals surface area contributed by atoms with Gasteiger partial charge in [-0.15, -0.1) is 11.3 Å². The van der Waals surface area contributed by atoms with Gasteiger partial charge >= 0.3 is 12.1 Å². The van der Waals surface area contributed by atoms with Gasteiger partial charge < -0.3 is 4.74 Å². The summed E-state index contributed by atoms with van der Waals surface area (Å²) in [7, 11) is 0. The molecule has 1 fully saturated rings. The molecule has 0 spiro atoms. The van der Waals surface area contributed by atoms with E-state index in [-0.39, 0.29) is 12.5 Å². The summed E-state index contributed by atoms with van der Waals surface area (Å²) in [6, 6.07) is 12.6. The van der Waals surface area contributed by atoms with Gasteiger partial charge in [0.05, 0.1) is 5.56 Å². The average Bonchev–Trinajstić information content (AvgIpc) is 3.18. The summed E-state index contributed by atoms with van der Waals surface area (Å²) < 4.78 is 44.7. The number of pyridine rings is 1. The van der Waals surface area contributed by atoms with Crippen LogP contribution in [0, 0.1) is 12.8 Å². The van der Waals surface area contributed by atoms with E-state index in [1.54, 1.807) is 23.7 Å². The number of ether oxygens (including phenoxy) is 1. The van der Waals surface area contributed by atoms with Crippen molar-refractivity contribution in [1.82, 2.24) is 4.98 Å². The summed E-state index contributed by atoms with van der Waals surface area (Å²) in [5.41, 5.74) is 0.994. The van der Waals surface area contributed by atoms with Crippen molar-refractivity contribution in [1.29, 1.82) is 0 Å². The van der Waals surface area contributed by atoms with E-state index in [0.29, 0.717) is 17.1 Å². The molecule has 7 heteroatoms. The Morgan fingerprint density at radius 1 is 1.21 bits per heavy atom. The molecule has 0 radical (unpaired) electrons. The van der Waals surface area contributed by atoms with E-state index in [1.807, 2.05) is 37.3 Å². The highest BCUT2D eigenvalue weighted by Crippen LogP contribution is 2.44. The van der Waals surface area contributed by atoms with Crippen molar-refractivity contribution < 1.29 is 22.7 Å². The number of nitrogens with zero attached hydrogens (tertiary/aromatic N) is 1. The van der Waals surface area contributed by atoms with Gasteiger partial charge in [-0.3, -0.25) is 4.98 Å². The lowest BCUT2D eigenvalue weighted by Crippen LogP contribution is -2.26. The summed E-state index contributed by atoms with van der Waals surface area (Å²) in [4.78, 5) is 19.6. The SMILES string of the molecule is Cc1ccc(/C=C(\C(=O)OCc2cccc(C(F)(F)F)c2)C(c2cccnc2)C2CCC2)s1. The summed E-state index contributed by atoms with van der Waals surface area (Å²) >= 11 is 1.58. The van der Waals surface area contributed by atoms with Gasteiger partial charge in [-0.05, 0) is 73.2 Å². The van der Waals surface area contributed by atoms with E-state index >= 15 is 0 Å². The molecule has 0 bridgehead atoms. The maximum atomic E-state index is 13.3. The summed E-state index contributed by atoms with van der Waals surface area (Å²) in [6.45, 7) is 1.77. The molecule has 1 aliphatic rings. The van der Waals surface area contributed by atoms with Crippen molar-refractivity contribution in [3.8, 4) is 0 Å². The first kappa shape index (κ1) is 23.2. The molecule has 1 aliphatic carbocycles. The molecule has 1 aromatic carbocycles. The number of benzene rings is 1. The largest absolute Gasteiger partial charge is 0.457 e. The first-order chi connectivity index (χ1) is 15.8. The number of carbonyl (C=O) groups excluding carboxylic acids is 1. The van der Waals surface area contributed by atoms with Crippen molar-refractivity contribution in [3.63, 3.8) is 0 Å². The van der Waals surface area contributed by atoms with Crippen LogP contribution in [0.5, 0.6) is 0 Å². The molecule has 33 heavy (non-hydrogen) atoms. The van der Waals surface area contributed by atoms with Crippen molar-refractivity contribution in [2.75, 3.05) is 0 Å². The number of esters is 1. The first-order valence-electron chi connectivity index (χ1n) is 10.8. The van der Waals surface area contributed by atoms with Gasteiger partial charge in [0.25, 0.3) is 0 Å². The Kier molecular flexibility index (Phi) is 6.98. The predicted molar refractivity (Wildman–Crippen MR) is 123 cm³/mol. The van der Waals surface area contributed by atoms with Gasteiger partial charge in [-0.1, -0.05) is 24.6 Å². The topological polar surface area (TPSA) is 39.2 Å². The predicted octanol–water partition coefficient (Wildman–Crippen LogP) is 7.18. The number of carbonyl (C=O) groups is 1. The Labute approximate surface area is 194 Å². The van der Waals surface area contributed by atoms with Crippen LogP contribution in [0.1, 0.15) is 51.6 Å². The van der Waals surface area contributed by atoms with E-state index in [1.165, 1.54) is 12.1 Å². The molecule has 4 rings (SSSR count). The van der Waals surface area contributed by atoms with Gasteiger partial charge in [0.15, 0.2) is 0 Å². The standard InChI is InChI=1S/C26H24F3NO2S/c1-17-10-11-22(33-17)14-23(24(19-6-3-7-19)20-8-4-12-30-15-20)25(31)32-16-18-5-2-9-21(13-18)26(27,28)29/h2,4-5,8-15,19,24H,3,6-7,16H2,1H3/b23-14-. The molecule has 2 aromatic heterocycles. The molecular formula is C26H24F3NO2S. The zero-order valence-electron chi connectivity index (χ0n) is 18.1. The number of thiophene rings is 1. The van der Waals surface area contributed by atoms with Crippen LogP contribution in [0.15, 0.2) is 66.5 Å². The van der Waals surface area contributed by atoms with Crippen molar-refractivity contribution in [3.05, 3.63) is 92.9 Å². The fourth-order valence-electron chi connectivity index (χ4n) is 4.07. The van der Waals surface area contributed by atoms with Crippen molar-refractivity contribution >= 4 is 23.4 Å². The highest BCUT2D eigenvalue weighted by molar-refractivity contribution is 7.12. The van der Waals surface area contributed by atoms with E-state index in [4.69, 9.17) is 4.74 Å². The smallest absolute Gasteiger partial charge is 0.416 e. The van der Waals surface area contributed by atoms with Crippen molar-refractivity contribution in [2.45, 2.75) is 44.9 Å². The Hall–Kier alpha value is -2.93. The normalized spacial score (nSPS) is 15.7. The monoisotopic (exact) mass is 471 g/mol. The van der Waals surface area contributed by atoms with E-state index < -0.39 is 17.7 Å². The first-order valence-corrected chi connectivity index (χ1v) is 11.6. The molecule has 1 saturated carbocycles. The molecular weight excluding hydrogens is 447 g/mol. The van der Waals surface area contributed by atoms with Crippen LogP contribution in [0.25, 0.3) is 6.08 Å². The number of halogens is 3. The Morgan fingerprint density at radius 2 is 2.03 bits per heavy atom. The molecule has 0 N–H and O–H groups in total. The highest BCUT2D eigenvalue weighted by atomic mass is 32.1. The lowest BCUT2D eigenvalue weighted by Gasteiger charge is -2.35. The minimum atomic E-state index is -4.45. The number of aromatic nitrogens is 1. The zero-order chi connectivity index (χ0) is 23.4. The van der Waals surface area contributed by atoms with E-state index in [2.05, 4.69) is 4.98 Å².